The van der Waals surface area contributed by atoms with E-state index in [-0.39, 0.29) is 5.41 Å². The maximum absolute atomic E-state index is 6.81. The van der Waals surface area contributed by atoms with Gasteiger partial charge in [0.05, 0.1) is 0 Å². The van der Waals surface area contributed by atoms with Gasteiger partial charge in [0.1, 0.15) is 0 Å². The van der Waals surface area contributed by atoms with E-state index in [4.69, 9.17) is 22.7 Å². The van der Waals surface area contributed by atoms with Gasteiger partial charge in [0.15, 0.2) is 0 Å². The average molecular weight is 401 g/mol. The molecule has 0 atom stereocenters. The molecule has 1 heterocycles. The van der Waals surface area contributed by atoms with Crippen molar-refractivity contribution in [3.8, 4) is 5.75 Å². The van der Waals surface area contributed by atoms with Gasteiger partial charge in [-0.2, -0.15) is 0 Å². The molecule has 0 fully saturated rings. The number of halogens is 2. The Kier molecular flexibility index (Phi) is 3.96. The van der Waals surface area contributed by atoms with Crippen LogP contribution in [-0.2, 0) is 6.42 Å². The van der Waals surface area contributed by atoms with E-state index in [1.165, 1.54) is 9.18 Å². The van der Waals surface area contributed by atoms with Crippen LogP contribution in [-0.4, -0.2) is 23.1 Å². The minimum absolute atomic E-state index is 0.0331. The second-order valence-corrected chi connectivity index (χ2v) is 17.9. The van der Waals surface area contributed by atoms with Gasteiger partial charge in [-0.3, -0.25) is 0 Å². The Bertz CT molecular complexity index is 501. The molecule has 1 nitrogen and oxygen atoms in total. The number of hydrogen-bond donors (Lipinski definition) is 0. The number of fused-ring (bicyclic) bond motifs is 1. The maximum atomic E-state index is 6.81. The van der Waals surface area contributed by atoms with Crippen molar-refractivity contribution in [1.29, 1.82) is 0 Å². The molecule has 0 amide bonds. The van der Waals surface area contributed by atoms with Crippen LogP contribution < -0.4 is 8.35 Å². The zero-order chi connectivity index (χ0) is 13.6. The van der Waals surface area contributed by atoms with Crippen LogP contribution in [0.3, 0.4) is 0 Å². The molecule has 0 aliphatic carbocycles. The fraction of sp³-hybridized carbons (Fsp3) is 0.429. The van der Waals surface area contributed by atoms with Crippen molar-refractivity contribution in [2.24, 2.45) is 5.41 Å². The van der Waals surface area contributed by atoms with Crippen LogP contribution >= 0.6 is 17.9 Å². The van der Waals surface area contributed by atoms with Crippen molar-refractivity contribution in [3.63, 3.8) is 0 Å². The molecule has 1 aliphatic heterocycles. The first-order valence-corrected chi connectivity index (χ1v) is 14.1. The van der Waals surface area contributed by atoms with Gasteiger partial charge < -0.3 is 0 Å². The summed E-state index contributed by atoms with van der Waals surface area (Å²) in [6.45, 7) is 6.53. The van der Waals surface area contributed by atoms with Gasteiger partial charge >= 0.3 is 121 Å². The first-order valence-electron chi connectivity index (χ1n) is 5.87. The summed E-state index contributed by atoms with van der Waals surface area (Å²) in [5, 5.41) is 0. The number of hydrogen-bond acceptors (Lipinski definition) is 1. The van der Waals surface area contributed by atoms with Crippen LogP contribution in [0.2, 0.25) is 0 Å². The molecule has 0 saturated carbocycles. The summed E-state index contributed by atoms with van der Waals surface area (Å²) < 4.78 is 7.67. The van der Waals surface area contributed by atoms with Crippen LogP contribution in [0.25, 0.3) is 0 Å². The Morgan fingerprint density at radius 2 is 1.89 bits per heavy atom. The molecule has 0 radical (unpaired) electrons. The Hall–Kier alpha value is 0.130. The Labute approximate surface area is 120 Å². The number of benzene rings is 1. The summed E-state index contributed by atoms with van der Waals surface area (Å²) >= 11 is -3.20. The fourth-order valence-electron chi connectivity index (χ4n) is 2.19. The predicted octanol–water partition coefficient (Wildman–Crippen LogP) is 3.89. The van der Waals surface area contributed by atoms with Gasteiger partial charge in [-0.15, -0.1) is 0 Å². The van der Waals surface area contributed by atoms with Crippen LogP contribution in [0.1, 0.15) is 26.3 Å². The molecule has 1 aromatic carbocycles. The number of rotatable bonds is 1. The topological polar surface area (TPSA) is 9.23 Å². The monoisotopic (exact) mass is 402 g/mol. The summed E-state index contributed by atoms with van der Waals surface area (Å²) in [7, 11) is 15.3. The van der Waals surface area contributed by atoms with E-state index in [9.17, 15) is 0 Å². The van der Waals surface area contributed by atoms with Crippen molar-refractivity contribution in [1.82, 2.24) is 0 Å². The fourth-order valence-corrected chi connectivity index (χ4v) is 13.9. The van der Waals surface area contributed by atoms with Crippen LogP contribution in [0.15, 0.2) is 27.9 Å². The molecule has 0 saturated heterocycles. The second kappa shape index (κ2) is 4.91. The molecular weight excluding hydrogens is 383 g/mol. The number of allylic oxidation sites excluding steroid dienone is 2. The molecular formula is C14H18Cl2OTe. The predicted molar refractivity (Wildman–Crippen MR) is 81.3 cm³/mol. The molecule has 2 rings (SSSR count). The van der Waals surface area contributed by atoms with E-state index < -0.39 is 15.9 Å². The number of methoxy groups -OCH3 is 1. The first kappa shape index (κ1) is 14.5. The van der Waals surface area contributed by atoms with Crippen LogP contribution in [0.4, 0.5) is 0 Å². The Morgan fingerprint density at radius 1 is 1.22 bits per heavy atom. The van der Waals surface area contributed by atoms with E-state index in [0.29, 0.717) is 0 Å². The molecule has 100 valence electrons. The molecule has 1 aromatic rings. The van der Waals surface area contributed by atoms with Crippen molar-refractivity contribution in [3.05, 3.63) is 33.5 Å². The van der Waals surface area contributed by atoms with E-state index in [0.717, 1.165) is 15.8 Å². The zero-order valence-corrected chi connectivity index (χ0v) is 14.9. The van der Waals surface area contributed by atoms with Crippen molar-refractivity contribution in [2.45, 2.75) is 27.2 Å². The summed E-state index contributed by atoms with van der Waals surface area (Å²) in [6, 6.07) is 6.08. The SMILES string of the molecule is COc1ccc2c(c1)[Te](Cl)(Cl)C(C(C)(C)C)=CC2. The zero-order valence-electron chi connectivity index (χ0n) is 11.1. The van der Waals surface area contributed by atoms with E-state index in [1.54, 1.807) is 7.11 Å². The normalized spacial score (nSPS) is 19.8. The van der Waals surface area contributed by atoms with E-state index in [1.807, 2.05) is 12.1 Å². The number of ether oxygens (including phenoxy) is 1. The Morgan fingerprint density at radius 3 is 2.44 bits per heavy atom. The third-order valence-electron chi connectivity index (χ3n) is 3.07. The standard InChI is InChI=1S/C14H18Cl2OTe/c1-14(2,3)13-8-6-10-5-7-11(17-4)9-12(10)18(13,15)16/h5,7-9H,6H2,1-4H3. The Balaban J connectivity index is 2.55. The second-order valence-electron chi connectivity index (χ2n) is 5.47. The van der Waals surface area contributed by atoms with Crippen LogP contribution in [0.5, 0.6) is 5.75 Å². The molecule has 4 heteroatoms. The van der Waals surface area contributed by atoms with Crippen molar-refractivity contribution < 1.29 is 4.74 Å². The molecule has 0 N–H and O–H groups in total. The van der Waals surface area contributed by atoms with Crippen molar-refractivity contribution >= 4 is 37.5 Å². The third-order valence-corrected chi connectivity index (χ3v) is 14.0. The van der Waals surface area contributed by atoms with E-state index >= 15 is 0 Å². The van der Waals surface area contributed by atoms with Gasteiger partial charge in [0, 0.05) is 0 Å². The van der Waals surface area contributed by atoms with Crippen LogP contribution in [0, 0.1) is 5.41 Å². The van der Waals surface area contributed by atoms with Gasteiger partial charge in [0.25, 0.3) is 0 Å². The summed E-state index contributed by atoms with van der Waals surface area (Å²) in [4.78, 5) is 0. The quantitative estimate of drug-likeness (QED) is 0.650. The average Bonchev–Trinajstić information content (AvgIpc) is 2.26. The summed E-state index contributed by atoms with van der Waals surface area (Å²) in [6.07, 6.45) is 3.15. The molecule has 18 heavy (non-hydrogen) atoms. The third kappa shape index (κ3) is 2.54. The summed E-state index contributed by atoms with van der Waals surface area (Å²) in [5.41, 5.74) is 1.28. The molecule has 0 unspecified atom stereocenters. The van der Waals surface area contributed by atoms with Gasteiger partial charge in [0.2, 0.25) is 0 Å². The van der Waals surface area contributed by atoms with Crippen molar-refractivity contribution in [2.75, 3.05) is 7.11 Å². The van der Waals surface area contributed by atoms with E-state index in [2.05, 4.69) is 32.9 Å². The molecule has 0 spiro atoms. The molecule has 0 bridgehead atoms. The minimum atomic E-state index is -3.20. The van der Waals surface area contributed by atoms with Gasteiger partial charge in [-0.05, 0) is 0 Å². The molecule has 1 aliphatic rings. The molecule has 0 aromatic heterocycles. The summed E-state index contributed by atoms with van der Waals surface area (Å²) in [5.74, 6) is 0.834. The van der Waals surface area contributed by atoms with Gasteiger partial charge in [-0.1, -0.05) is 0 Å². The first-order chi connectivity index (χ1) is 8.26. The van der Waals surface area contributed by atoms with Gasteiger partial charge in [-0.25, -0.2) is 0 Å².